The number of ether oxygens (including phenoxy) is 1. The lowest BCUT2D eigenvalue weighted by Crippen LogP contribution is -2.11. The minimum absolute atomic E-state index is 0.0571. The molecule has 0 bridgehead atoms. The maximum Gasteiger partial charge on any atom is 0.192 e. The number of H-pyrrole nitrogens is 1. The van der Waals surface area contributed by atoms with Crippen LogP contribution in [-0.2, 0) is 6.42 Å². The van der Waals surface area contributed by atoms with Crippen LogP contribution in [0, 0.1) is 13.8 Å². The topological polar surface area (TPSA) is 55.0 Å². The van der Waals surface area contributed by atoms with E-state index in [2.05, 4.69) is 11.1 Å². The van der Waals surface area contributed by atoms with E-state index in [1.165, 1.54) is 4.70 Å². The van der Waals surface area contributed by atoms with E-state index in [9.17, 15) is 4.79 Å². The molecule has 0 radical (unpaired) electrons. The number of pyridine rings is 1. The van der Waals surface area contributed by atoms with Crippen LogP contribution in [0.4, 0.5) is 0 Å². The molecular formula is C26H22N2O2S. The van der Waals surface area contributed by atoms with Crippen molar-refractivity contribution in [2.75, 3.05) is 0 Å². The number of hydrogen-bond donors (Lipinski definition) is 1. The van der Waals surface area contributed by atoms with Crippen LogP contribution in [0.25, 0.3) is 31.7 Å². The van der Waals surface area contributed by atoms with Crippen LogP contribution in [-0.4, -0.2) is 9.97 Å². The molecule has 0 saturated heterocycles. The van der Waals surface area contributed by atoms with E-state index in [0.29, 0.717) is 11.1 Å². The van der Waals surface area contributed by atoms with Crippen LogP contribution in [0.5, 0.6) is 11.5 Å². The number of aromatic amines is 1. The number of rotatable bonds is 4. The van der Waals surface area contributed by atoms with E-state index in [1.807, 2.05) is 75.4 Å². The average molecular weight is 427 g/mol. The van der Waals surface area contributed by atoms with Crippen molar-refractivity contribution in [1.82, 2.24) is 9.97 Å². The van der Waals surface area contributed by atoms with Gasteiger partial charge in [0, 0.05) is 22.2 Å². The van der Waals surface area contributed by atoms with E-state index in [0.717, 1.165) is 50.6 Å². The van der Waals surface area contributed by atoms with Crippen molar-refractivity contribution in [3.05, 3.63) is 87.7 Å². The molecule has 0 unspecified atom stereocenters. The molecule has 3 aromatic carbocycles. The van der Waals surface area contributed by atoms with Crippen LogP contribution < -0.4 is 10.2 Å². The monoisotopic (exact) mass is 426 g/mol. The Balaban J connectivity index is 1.47. The van der Waals surface area contributed by atoms with E-state index in [-0.39, 0.29) is 5.43 Å². The number of nitrogens with zero attached hydrogens (tertiary/aromatic N) is 1. The van der Waals surface area contributed by atoms with E-state index < -0.39 is 0 Å². The van der Waals surface area contributed by atoms with E-state index in [4.69, 9.17) is 9.72 Å². The molecule has 5 heteroatoms. The number of thiazole rings is 1. The van der Waals surface area contributed by atoms with Gasteiger partial charge in [-0.25, -0.2) is 4.98 Å². The number of nitrogens with one attached hydrogen (secondary N) is 1. The van der Waals surface area contributed by atoms with Gasteiger partial charge in [0.2, 0.25) is 0 Å². The van der Waals surface area contributed by atoms with E-state index >= 15 is 0 Å². The van der Waals surface area contributed by atoms with Crippen molar-refractivity contribution >= 4 is 32.5 Å². The molecule has 0 aliphatic carbocycles. The fourth-order valence-electron chi connectivity index (χ4n) is 3.83. The third-order valence-corrected chi connectivity index (χ3v) is 6.70. The van der Waals surface area contributed by atoms with Crippen molar-refractivity contribution in [1.29, 1.82) is 0 Å². The lowest BCUT2D eigenvalue weighted by Gasteiger charge is -2.12. The molecule has 154 valence electrons. The Labute approximate surface area is 184 Å². The van der Waals surface area contributed by atoms with Gasteiger partial charge in [0.15, 0.2) is 5.43 Å². The second kappa shape index (κ2) is 7.67. The highest BCUT2D eigenvalue weighted by Crippen LogP contribution is 2.33. The maximum atomic E-state index is 12.8. The van der Waals surface area contributed by atoms with Gasteiger partial charge < -0.3 is 9.72 Å². The predicted molar refractivity (Wildman–Crippen MR) is 129 cm³/mol. The molecule has 5 rings (SSSR count). The molecule has 2 heterocycles. The third kappa shape index (κ3) is 3.51. The highest BCUT2D eigenvalue weighted by molar-refractivity contribution is 7.21. The summed E-state index contributed by atoms with van der Waals surface area (Å²) >= 11 is 1.68. The van der Waals surface area contributed by atoms with Crippen molar-refractivity contribution < 1.29 is 4.74 Å². The van der Waals surface area contributed by atoms with Crippen LogP contribution >= 0.6 is 11.3 Å². The van der Waals surface area contributed by atoms with Gasteiger partial charge in [0.05, 0.1) is 15.7 Å². The van der Waals surface area contributed by atoms with Crippen molar-refractivity contribution in [3.8, 4) is 22.1 Å². The summed E-state index contributed by atoms with van der Waals surface area (Å²) < 4.78 is 7.33. The quantitative estimate of drug-likeness (QED) is 0.345. The van der Waals surface area contributed by atoms with Gasteiger partial charge in [-0.05, 0) is 74.4 Å². The summed E-state index contributed by atoms with van der Waals surface area (Å²) in [6.45, 7) is 5.92. The zero-order chi connectivity index (χ0) is 21.5. The molecule has 4 nitrogen and oxygen atoms in total. The second-order valence-corrected chi connectivity index (χ2v) is 8.72. The number of aryl methyl sites for hydroxylation is 2. The molecular weight excluding hydrogens is 404 g/mol. The first kappa shape index (κ1) is 19.5. The van der Waals surface area contributed by atoms with Crippen molar-refractivity contribution in [2.24, 2.45) is 0 Å². The summed E-state index contributed by atoms with van der Waals surface area (Å²) in [5.41, 5.74) is 5.71. The Morgan fingerprint density at radius 2 is 1.81 bits per heavy atom. The Bertz CT molecular complexity index is 1450. The number of aromatic nitrogens is 2. The maximum absolute atomic E-state index is 12.8. The molecule has 0 atom stereocenters. The van der Waals surface area contributed by atoms with E-state index in [1.54, 1.807) is 11.3 Å². The van der Waals surface area contributed by atoms with Gasteiger partial charge in [-0.3, -0.25) is 4.79 Å². The van der Waals surface area contributed by atoms with Crippen LogP contribution in [0.3, 0.4) is 0 Å². The molecule has 0 aliphatic rings. The van der Waals surface area contributed by atoms with Gasteiger partial charge in [0.25, 0.3) is 0 Å². The lowest BCUT2D eigenvalue weighted by atomic mass is 10.1. The number of para-hydroxylation sites is 1. The van der Waals surface area contributed by atoms with Gasteiger partial charge in [-0.2, -0.15) is 0 Å². The SMILES string of the molecule is CCc1[nH]c2cc(C)c(Oc3ccc(-c4nc5ccccc5s4)cc3)cc2c(=O)c1C. The normalized spacial score (nSPS) is 11.3. The number of benzene rings is 3. The van der Waals surface area contributed by atoms with Crippen LogP contribution in [0.15, 0.2) is 65.5 Å². The Kier molecular flexibility index (Phi) is 4.83. The van der Waals surface area contributed by atoms with Gasteiger partial charge in [0.1, 0.15) is 16.5 Å². The highest BCUT2D eigenvalue weighted by atomic mass is 32.1. The largest absolute Gasteiger partial charge is 0.457 e. The molecule has 31 heavy (non-hydrogen) atoms. The standard InChI is InChI=1S/C26H22N2O2S/c1-4-20-16(3)25(29)19-14-23(15(2)13-22(19)27-20)30-18-11-9-17(10-12-18)26-28-21-7-5-6-8-24(21)31-26/h5-14H,4H2,1-3H3,(H,27,29). The summed E-state index contributed by atoms with van der Waals surface area (Å²) in [4.78, 5) is 20.9. The first-order chi connectivity index (χ1) is 15.0. The summed E-state index contributed by atoms with van der Waals surface area (Å²) in [6.07, 6.45) is 0.801. The summed E-state index contributed by atoms with van der Waals surface area (Å²) in [5.74, 6) is 1.42. The Morgan fingerprint density at radius 3 is 2.55 bits per heavy atom. The van der Waals surface area contributed by atoms with Gasteiger partial charge >= 0.3 is 0 Å². The summed E-state index contributed by atoms with van der Waals surface area (Å²) in [5, 5.41) is 1.64. The minimum Gasteiger partial charge on any atom is -0.457 e. The van der Waals surface area contributed by atoms with Gasteiger partial charge in [-0.15, -0.1) is 11.3 Å². The van der Waals surface area contributed by atoms with Gasteiger partial charge in [-0.1, -0.05) is 19.1 Å². The smallest absolute Gasteiger partial charge is 0.192 e. The average Bonchev–Trinajstić information content (AvgIpc) is 3.22. The molecule has 0 saturated carbocycles. The molecule has 0 aliphatic heterocycles. The third-order valence-electron chi connectivity index (χ3n) is 5.62. The minimum atomic E-state index is 0.0571. The molecule has 2 aromatic heterocycles. The van der Waals surface area contributed by atoms with Crippen molar-refractivity contribution in [2.45, 2.75) is 27.2 Å². The van der Waals surface area contributed by atoms with Crippen LogP contribution in [0.1, 0.15) is 23.7 Å². The molecule has 0 amide bonds. The molecule has 0 fully saturated rings. The lowest BCUT2D eigenvalue weighted by molar-refractivity contribution is 0.479. The zero-order valence-electron chi connectivity index (χ0n) is 17.7. The number of fused-ring (bicyclic) bond motifs is 2. The van der Waals surface area contributed by atoms with Crippen LogP contribution in [0.2, 0.25) is 0 Å². The Hall–Kier alpha value is -3.44. The summed E-state index contributed by atoms with van der Waals surface area (Å²) in [7, 11) is 0. The molecule has 5 aromatic rings. The molecule has 0 spiro atoms. The fourth-order valence-corrected chi connectivity index (χ4v) is 4.80. The summed E-state index contributed by atoms with van der Waals surface area (Å²) in [6, 6.07) is 19.9. The zero-order valence-corrected chi connectivity index (χ0v) is 18.5. The highest BCUT2D eigenvalue weighted by Gasteiger charge is 2.12. The predicted octanol–water partition coefficient (Wildman–Crippen LogP) is 6.78. The van der Waals surface area contributed by atoms with Crippen molar-refractivity contribution in [3.63, 3.8) is 0 Å². The number of hydrogen-bond acceptors (Lipinski definition) is 4. The Morgan fingerprint density at radius 1 is 1.03 bits per heavy atom. The fraction of sp³-hybridized carbons (Fsp3) is 0.154. The first-order valence-electron chi connectivity index (χ1n) is 10.3. The second-order valence-electron chi connectivity index (χ2n) is 7.69. The molecule has 1 N–H and O–H groups in total. The first-order valence-corrected chi connectivity index (χ1v) is 11.1.